The van der Waals surface area contributed by atoms with E-state index in [1.807, 2.05) is 37.3 Å². The molecule has 1 aromatic carbocycles. The number of hydrogen-bond donors (Lipinski definition) is 1. The van der Waals surface area contributed by atoms with E-state index < -0.39 is 0 Å². The van der Waals surface area contributed by atoms with Gasteiger partial charge in [-0.15, -0.1) is 0 Å². The molecule has 6 nitrogen and oxygen atoms in total. The van der Waals surface area contributed by atoms with Crippen LogP contribution >= 0.6 is 11.6 Å². The predicted octanol–water partition coefficient (Wildman–Crippen LogP) is 3.56. The number of halogens is 1. The lowest BCUT2D eigenvalue weighted by molar-refractivity contribution is 0.0953. The van der Waals surface area contributed by atoms with Gasteiger partial charge in [0.25, 0.3) is 5.91 Å². The lowest BCUT2D eigenvalue weighted by Crippen LogP contribution is -2.17. The molecule has 1 amide bonds. The van der Waals surface area contributed by atoms with Crippen molar-refractivity contribution in [2.24, 2.45) is 5.10 Å². The van der Waals surface area contributed by atoms with E-state index in [2.05, 4.69) is 15.6 Å². The Morgan fingerprint density at radius 2 is 2.08 bits per heavy atom. The molecular formula is C18H17ClN4O2. The molecule has 0 saturated carbocycles. The molecular weight excluding hydrogens is 340 g/mol. The van der Waals surface area contributed by atoms with Gasteiger partial charge in [-0.3, -0.25) is 4.79 Å². The van der Waals surface area contributed by atoms with E-state index in [0.717, 1.165) is 11.3 Å². The van der Waals surface area contributed by atoms with Crippen LogP contribution in [0.4, 0.5) is 0 Å². The van der Waals surface area contributed by atoms with Gasteiger partial charge in [-0.1, -0.05) is 41.9 Å². The Hall–Kier alpha value is -2.86. The molecule has 0 bridgehead atoms. The maximum absolute atomic E-state index is 12.0. The Labute approximate surface area is 150 Å². The van der Waals surface area contributed by atoms with Crippen molar-refractivity contribution in [3.63, 3.8) is 0 Å². The number of carbonyl (C=O) groups is 1. The molecule has 0 atom stereocenters. The molecule has 2 heterocycles. The summed E-state index contributed by atoms with van der Waals surface area (Å²) in [5, 5.41) is 8.88. The summed E-state index contributed by atoms with van der Waals surface area (Å²) in [5.74, 6) is 0.200. The van der Waals surface area contributed by atoms with E-state index in [9.17, 15) is 4.79 Å². The lowest BCUT2D eigenvalue weighted by Gasteiger charge is -2.03. The highest BCUT2D eigenvalue weighted by atomic mass is 35.5. The van der Waals surface area contributed by atoms with Crippen molar-refractivity contribution in [2.75, 3.05) is 0 Å². The fourth-order valence-corrected chi connectivity index (χ4v) is 2.69. The molecule has 128 valence electrons. The van der Waals surface area contributed by atoms with Crippen molar-refractivity contribution in [3.05, 3.63) is 76.0 Å². The maximum atomic E-state index is 12.0. The second-order valence-electron chi connectivity index (χ2n) is 5.52. The number of carbonyl (C=O) groups excluding carboxylic acids is 1. The number of aryl methyl sites for hydroxylation is 2. The summed E-state index contributed by atoms with van der Waals surface area (Å²) < 4.78 is 6.81. The van der Waals surface area contributed by atoms with Gasteiger partial charge in [-0.05, 0) is 25.5 Å². The van der Waals surface area contributed by atoms with Gasteiger partial charge in [0.2, 0.25) is 0 Å². The van der Waals surface area contributed by atoms with Gasteiger partial charge in [0.1, 0.15) is 10.9 Å². The van der Waals surface area contributed by atoms with Crippen molar-refractivity contribution in [3.8, 4) is 0 Å². The fraction of sp³-hybridized carbons (Fsp3) is 0.167. The number of furan rings is 1. The maximum Gasteiger partial charge on any atom is 0.274 e. The Bertz CT molecular complexity index is 913. The minimum absolute atomic E-state index is 0.340. The van der Waals surface area contributed by atoms with Crippen LogP contribution in [0.25, 0.3) is 0 Å². The molecule has 25 heavy (non-hydrogen) atoms. The lowest BCUT2D eigenvalue weighted by atomic mass is 10.2. The molecule has 0 saturated heterocycles. The van der Waals surface area contributed by atoms with Gasteiger partial charge >= 0.3 is 0 Å². The quantitative estimate of drug-likeness (QED) is 0.561. The Morgan fingerprint density at radius 3 is 2.76 bits per heavy atom. The molecule has 0 fully saturated rings. The predicted molar refractivity (Wildman–Crippen MR) is 96.0 cm³/mol. The molecule has 0 spiro atoms. The average Bonchev–Trinajstić information content (AvgIpc) is 3.14. The Kier molecular flexibility index (Phi) is 5.00. The zero-order valence-corrected chi connectivity index (χ0v) is 14.6. The highest BCUT2D eigenvalue weighted by molar-refractivity contribution is 6.32. The third-order valence-corrected chi connectivity index (χ3v) is 4.15. The molecule has 0 unspecified atom stereocenters. The topological polar surface area (TPSA) is 72.4 Å². The highest BCUT2D eigenvalue weighted by Gasteiger charge is 2.13. The zero-order valence-electron chi connectivity index (χ0n) is 13.9. The molecule has 2 aromatic heterocycles. The van der Waals surface area contributed by atoms with E-state index in [-0.39, 0.29) is 5.91 Å². The van der Waals surface area contributed by atoms with Crippen molar-refractivity contribution in [1.29, 1.82) is 0 Å². The van der Waals surface area contributed by atoms with Crippen LogP contribution in [0.1, 0.15) is 32.9 Å². The first-order valence-corrected chi connectivity index (χ1v) is 8.08. The monoisotopic (exact) mass is 356 g/mol. The number of benzene rings is 1. The number of rotatable bonds is 5. The Morgan fingerprint density at radius 1 is 1.32 bits per heavy atom. The second-order valence-corrected chi connectivity index (χ2v) is 5.88. The van der Waals surface area contributed by atoms with Gasteiger partial charge in [0.05, 0.1) is 35.8 Å². The van der Waals surface area contributed by atoms with Gasteiger partial charge in [0.15, 0.2) is 0 Å². The normalized spacial score (nSPS) is 11.2. The zero-order chi connectivity index (χ0) is 17.8. The fourth-order valence-electron chi connectivity index (χ4n) is 2.41. The minimum atomic E-state index is -0.340. The molecule has 0 aliphatic heterocycles. The van der Waals surface area contributed by atoms with Crippen LogP contribution in [-0.2, 0) is 6.54 Å². The standard InChI is InChI=1S/C18H17ClN4O2/c1-12-16(10-20-21-18(24)15-8-9-25-13(15)2)17(19)23(22-12)11-14-6-4-3-5-7-14/h3-10H,11H2,1-2H3,(H,21,24). The van der Waals surface area contributed by atoms with Crippen LogP contribution in [0.15, 0.2) is 52.2 Å². The van der Waals surface area contributed by atoms with Crippen LogP contribution in [0, 0.1) is 13.8 Å². The first-order chi connectivity index (χ1) is 12.1. The van der Waals surface area contributed by atoms with E-state index in [4.69, 9.17) is 16.0 Å². The first kappa shape index (κ1) is 17.0. The number of aromatic nitrogens is 2. The molecule has 3 rings (SSSR count). The summed E-state index contributed by atoms with van der Waals surface area (Å²) in [4.78, 5) is 12.0. The van der Waals surface area contributed by atoms with Crippen molar-refractivity contribution in [1.82, 2.24) is 15.2 Å². The first-order valence-electron chi connectivity index (χ1n) is 7.70. The van der Waals surface area contributed by atoms with Crippen LogP contribution < -0.4 is 5.43 Å². The molecule has 0 aliphatic carbocycles. The molecule has 0 radical (unpaired) electrons. The molecule has 1 N–H and O–H groups in total. The van der Waals surface area contributed by atoms with E-state index in [1.54, 1.807) is 17.7 Å². The number of hydrogen-bond acceptors (Lipinski definition) is 4. The van der Waals surface area contributed by atoms with Gasteiger partial charge in [0, 0.05) is 0 Å². The number of nitrogens with zero attached hydrogens (tertiary/aromatic N) is 3. The number of nitrogens with one attached hydrogen (secondary N) is 1. The van der Waals surface area contributed by atoms with Crippen molar-refractivity contribution in [2.45, 2.75) is 20.4 Å². The molecule has 7 heteroatoms. The summed E-state index contributed by atoms with van der Waals surface area (Å²) in [6, 6.07) is 11.5. The summed E-state index contributed by atoms with van der Waals surface area (Å²) in [7, 11) is 0. The third kappa shape index (κ3) is 3.80. The summed E-state index contributed by atoms with van der Waals surface area (Å²) in [5.41, 5.74) is 5.41. The SMILES string of the molecule is Cc1nn(Cc2ccccc2)c(Cl)c1C=NNC(=O)c1ccoc1C. The molecule has 0 aliphatic rings. The van der Waals surface area contributed by atoms with Crippen LogP contribution in [0.5, 0.6) is 0 Å². The van der Waals surface area contributed by atoms with Gasteiger partial charge in [-0.2, -0.15) is 10.2 Å². The molecule has 3 aromatic rings. The van der Waals surface area contributed by atoms with Gasteiger partial charge < -0.3 is 4.42 Å². The minimum Gasteiger partial charge on any atom is -0.469 e. The van der Waals surface area contributed by atoms with Crippen LogP contribution in [0.3, 0.4) is 0 Å². The number of hydrazone groups is 1. The van der Waals surface area contributed by atoms with E-state index in [1.165, 1.54) is 12.5 Å². The summed E-state index contributed by atoms with van der Waals surface area (Å²) >= 11 is 6.40. The second kappa shape index (κ2) is 7.36. The van der Waals surface area contributed by atoms with Gasteiger partial charge in [-0.25, -0.2) is 10.1 Å². The van der Waals surface area contributed by atoms with E-state index >= 15 is 0 Å². The van der Waals surface area contributed by atoms with Crippen LogP contribution in [0.2, 0.25) is 5.15 Å². The Balaban J connectivity index is 1.72. The highest BCUT2D eigenvalue weighted by Crippen LogP contribution is 2.19. The summed E-state index contributed by atoms with van der Waals surface area (Å²) in [6.07, 6.45) is 2.96. The van der Waals surface area contributed by atoms with Crippen molar-refractivity contribution < 1.29 is 9.21 Å². The smallest absolute Gasteiger partial charge is 0.274 e. The summed E-state index contributed by atoms with van der Waals surface area (Å²) in [6.45, 7) is 4.12. The van der Waals surface area contributed by atoms with Crippen molar-refractivity contribution >= 4 is 23.7 Å². The number of amides is 1. The van der Waals surface area contributed by atoms with E-state index in [0.29, 0.717) is 28.6 Å². The largest absolute Gasteiger partial charge is 0.469 e. The average molecular weight is 357 g/mol. The third-order valence-electron chi connectivity index (χ3n) is 3.75. The van der Waals surface area contributed by atoms with Crippen LogP contribution in [-0.4, -0.2) is 21.9 Å².